The number of thiazole rings is 1. The molecule has 3 rings (SSSR count). The van der Waals surface area contributed by atoms with Crippen LogP contribution in [0.15, 0.2) is 48.0 Å². The molecule has 0 bridgehead atoms. The molecule has 140 valence electrons. The van der Waals surface area contributed by atoms with Gasteiger partial charge in [0, 0.05) is 28.9 Å². The highest BCUT2D eigenvalue weighted by Crippen LogP contribution is 2.28. The average Bonchev–Trinajstić information content (AvgIpc) is 3.15. The summed E-state index contributed by atoms with van der Waals surface area (Å²) >= 11 is 1.32. The summed E-state index contributed by atoms with van der Waals surface area (Å²) in [5.41, 5.74) is 4.01. The second-order valence-corrected chi connectivity index (χ2v) is 6.93. The third-order valence-corrected chi connectivity index (χ3v) is 5.06. The number of anilines is 1. The summed E-state index contributed by atoms with van der Waals surface area (Å²) < 4.78 is 13.4. The van der Waals surface area contributed by atoms with Gasteiger partial charge >= 0.3 is 5.69 Å². The first-order chi connectivity index (χ1) is 13.4. The molecule has 3 aromatic rings. The van der Waals surface area contributed by atoms with Gasteiger partial charge in [-0.15, -0.1) is 11.3 Å². The number of nitro benzene ring substituents is 1. The van der Waals surface area contributed by atoms with Crippen LogP contribution in [-0.4, -0.2) is 9.91 Å². The van der Waals surface area contributed by atoms with Crippen LogP contribution in [0.5, 0.6) is 0 Å². The number of nitrogens with one attached hydrogen (secondary N) is 1. The Morgan fingerprint density at radius 3 is 2.75 bits per heavy atom. The normalized spacial score (nSPS) is 11.1. The summed E-state index contributed by atoms with van der Waals surface area (Å²) in [5, 5.41) is 25.5. The molecule has 28 heavy (non-hydrogen) atoms. The number of rotatable bonds is 5. The average molecular weight is 394 g/mol. The maximum absolute atomic E-state index is 13.4. The lowest BCUT2D eigenvalue weighted by atomic mass is 10.1. The Morgan fingerprint density at radius 2 is 2.07 bits per heavy atom. The van der Waals surface area contributed by atoms with E-state index in [-0.39, 0.29) is 5.57 Å². The molecule has 2 aromatic carbocycles. The molecule has 1 heterocycles. The van der Waals surface area contributed by atoms with Crippen LogP contribution < -0.4 is 5.32 Å². The van der Waals surface area contributed by atoms with Gasteiger partial charge in [-0.05, 0) is 43.2 Å². The largest absolute Gasteiger partial charge is 0.360 e. The van der Waals surface area contributed by atoms with Gasteiger partial charge in [0.2, 0.25) is 5.82 Å². The topological polar surface area (TPSA) is 91.8 Å². The van der Waals surface area contributed by atoms with Crippen molar-refractivity contribution in [3.63, 3.8) is 0 Å². The number of hydrogen-bond acceptors (Lipinski definition) is 6. The standard InChI is InChI=1S/C20H15FN4O2S/c1-12-3-4-14(7-13(12)2)18-11-28-20(24-18)15(9-22)10-23-16-5-6-17(21)19(8-16)25(26)27/h3-8,10-11,23H,1-2H3. The number of benzene rings is 2. The summed E-state index contributed by atoms with van der Waals surface area (Å²) in [7, 11) is 0. The molecule has 0 fully saturated rings. The van der Waals surface area contributed by atoms with Crippen molar-refractivity contribution < 1.29 is 9.31 Å². The van der Waals surface area contributed by atoms with Crippen LogP contribution in [0.1, 0.15) is 16.1 Å². The zero-order valence-electron chi connectivity index (χ0n) is 15.1. The first kappa shape index (κ1) is 19.2. The van der Waals surface area contributed by atoms with Gasteiger partial charge in [-0.25, -0.2) is 4.98 Å². The van der Waals surface area contributed by atoms with Crippen LogP contribution in [0.3, 0.4) is 0 Å². The van der Waals surface area contributed by atoms with E-state index in [0.29, 0.717) is 10.7 Å². The zero-order chi connectivity index (χ0) is 20.3. The fourth-order valence-corrected chi connectivity index (χ4v) is 3.27. The fourth-order valence-electron chi connectivity index (χ4n) is 2.47. The van der Waals surface area contributed by atoms with E-state index in [0.717, 1.165) is 29.0 Å². The van der Waals surface area contributed by atoms with Crippen molar-refractivity contribution in [3.8, 4) is 17.3 Å². The maximum Gasteiger partial charge on any atom is 0.306 e. The summed E-state index contributed by atoms with van der Waals surface area (Å²) in [5.74, 6) is -0.919. The zero-order valence-corrected chi connectivity index (χ0v) is 15.9. The first-order valence-corrected chi connectivity index (χ1v) is 9.11. The predicted molar refractivity (Wildman–Crippen MR) is 107 cm³/mol. The van der Waals surface area contributed by atoms with Gasteiger partial charge in [0.05, 0.1) is 10.6 Å². The monoisotopic (exact) mass is 394 g/mol. The van der Waals surface area contributed by atoms with Crippen molar-refractivity contribution in [1.82, 2.24) is 4.98 Å². The second kappa shape index (κ2) is 7.98. The Morgan fingerprint density at radius 1 is 1.29 bits per heavy atom. The quantitative estimate of drug-likeness (QED) is 0.353. The number of allylic oxidation sites excluding steroid dienone is 1. The lowest BCUT2D eigenvalue weighted by molar-refractivity contribution is -0.387. The smallest absolute Gasteiger partial charge is 0.306 e. The number of nitro groups is 1. The highest BCUT2D eigenvalue weighted by Gasteiger charge is 2.14. The van der Waals surface area contributed by atoms with E-state index in [9.17, 15) is 19.8 Å². The van der Waals surface area contributed by atoms with Crippen molar-refractivity contribution in [1.29, 1.82) is 5.26 Å². The minimum absolute atomic E-state index is 0.270. The molecule has 0 atom stereocenters. The summed E-state index contributed by atoms with van der Waals surface area (Å²) in [6, 6.07) is 11.5. The Bertz CT molecular complexity index is 1130. The van der Waals surface area contributed by atoms with E-state index < -0.39 is 16.4 Å². The van der Waals surface area contributed by atoms with Crippen LogP contribution in [0, 0.1) is 41.1 Å². The molecule has 1 aromatic heterocycles. The van der Waals surface area contributed by atoms with Crippen LogP contribution >= 0.6 is 11.3 Å². The molecule has 0 radical (unpaired) electrons. The number of nitriles is 1. The Hall–Kier alpha value is -3.57. The van der Waals surface area contributed by atoms with Gasteiger partial charge in [-0.3, -0.25) is 10.1 Å². The summed E-state index contributed by atoms with van der Waals surface area (Å²) in [4.78, 5) is 14.5. The number of halogens is 1. The maximum atomic E-state index is 13.4. The Kier molecular flexibility index (Phi) is 5.47. The van der Waals surface area contributed by atoms with Crippen LogP contribution in [0.4, 0.5) is 15.8 Å². The minimum atomic E-state index is -0.919. The van der Waals surface area contributed by atoms with E-state index in [4.69, 9.17) is 0 Å². The van der Waals surface area contributed by atoms with Crippen molar-refractivity contribution in [2.75, 3.05) is 5.32 Å². The number of nitrogens with zero attached hydrogens (tertiary/aromatic N) is 3. The fraction of sp³-hybridized carbons (Fsp3) is 0.100. The summed E-state index contributed by atoms with van der Waals surface area (Å²) in [6.45, 7) is 4.06. The van der Waals surface area contributed by atoms with Crippen molar-refractivity contribution in [2.45, 2.75) is 13.8 Å². The van der Waals surface area contributed by atoms with E-state index in [1.807, 2.05) is 37.4 Å². The molecule has 6 nitrogen and oxygen atoms in total. The molecule has 0 aliphatic carbocycles. The third kappa shape index (κ3) is 4.05. The van der Waals surface area contributed by atoms with Crippen LogP contribution in [0.2, 0.25) is 0 Å². The van der Waals surface area contributed by atoms with Gasteiger partial charge in [0.1, 0.15) is 16.6 Å². The predicted octanol–water partition coefficient (Wildman–Crippen LogP) is 5.45. The highest BCUT2D eigenvalue weighted by molar-refractivity contribution is 7.11. The molecule has 1 N–H and O–H groups in total. The van der Waals surface area contributed by atoms with E-state index in [1.165, 1.54) is 29.2 Å². The molecular weight excluding hydrogens is 379 g/mol. The molecule has 0 saturated carbocycles. The lowest BCUT2D eigenvalue weighted by Crippen LogP contribution is -1.96. The second-order valence-electron chi connectivity index (χ2n) is 6.07. The molecule has 0 spiro atoms. The van der Waals surface area contributed by atoms with Crippen molar-refractivity contribution in [2.24, 2.45) is 0 Å². The van der Waals surface area contributed by atoms with Gasteiger partial charge < -0.3 is 5.32 Å². The SMILES string of the molecule is Cc1ccc(-c2csc(C(C#N)=CNc3ccc(F)c([N+](=O)[O-])c3)n2)cc1C. The van der Waals surface area contributed by atoms with Crippen LogP contribution in [0.25, 0.3) is 16.8 Å². The third-order valence-electron chi connectivity index (χ3n) is 4.18. The van der Waals surface area contributed by atoms with Gasteiger partial charge in [-0.1, -0.05) is 12.1 Å². The minimum Gasteiger partial charge on any atom is -0.360 e. The Balaban J connectivity index is 1.85. The lowest BCUT2D eigenvalue weighted by Gasteiger charge is -2.03. The molecule has 8 heteroatoms. The molecule has 0 saturated heterocycles. The Labute approximate surface area is 164 Å². The van der Waals surface area contributed by atoms with Crippen molar-refractivity contribution in [3.05, 3.63) is 80.0 Å². The van der Waals surface area contributed by atoms with E-state index >= 15 is 0 Å². The molecule has 0 amide bonds. The molecule has 0 aliphatic heterocycles. The van der Waals surface area contributed by atoms with Crippen molar-refractivity contribution >= 4 is 28.3 Å². The van der Waals surface area contributed by atoms with E-state index in [2.05, 4.69) is 16.4 Å². The molecular formula is C20H15FN4O2S. The number of aryl methyl sites for hydroxylation is 2. The number of hydrogen-bond donors (Lipinski definition) is 1. The van der Waals surface area contributed by atoms with Gasteiger partial charge in [0.25, 0.3) is 0 Å². The first-order valence-electron chi connectivity index (χ1n) is 8.23. The van der Waals surface area contributed by atoms with Gasteiger partial charge in [-0.2, -0.15) is 9.65 Å². The number of aromatic nitrogens is 1. The highest BCUT2D eigenvalue weighted by atomic mass is 32.1. The summed E-state index contributed by atoms with van der Waals surface area (Å²) in [6.07, 6.45) is 1.40. The van der Waals surface area contributed by atoms with E-state index in [1.54, 1.807) is 0 Å². The van der Waals surface area contributed by atoms with Gasteiger partial charge in [0.15, 0.2) is 0 Å². The molecule has 0 unspecified atom stereocenters. The molecule has 0 aliphatic rings. The van der Waals surface area contributed by atoms with Crippen LogP contribution in [-0.2, 0) is 0 Å².